The zero-order valence-corrected chi connectivity index (χ0v) is 13.1. The van der Waals surface area contributed by atoms with Gasteiger partial charge in [0.15, 0.2) is 0 Å². The molecule has 1 aromatic carbocycles. The molecule has 116 valence electrons. The number of carbonyl (C=O) groups is 2. The Morgan fingerprint density at radius 1 is 1.32 bits per heavy atom. The lowest BCUT2D eigenvalue weighted by molar-refractivity contribution is -0.126. The molecule has 1 fully saturated rings. The van der Waals surface area contributed by atoms with Crippen LogP contribution >= 0.6 is 0 Å². The van der Waals surface area contributed by atoms with Crippen molar-refractivity contribution in [3.63, 3.8) is 0 Å². The van der Waals surface area contributed by atoms with E-state index in [1.54, 1.807) is 20.8 Å². The van der Waals surface area contributed by atoms with Crippen molar-refractivity contribution in [2.75, 3.05) is 6.54 Å². The molecule has 5 nitrogen and oxygen atoms in total. The average Bonchev–Trinajstić information content (AvgIpc) is 2.99. The van der Waals surface area contributed by atoms with E-state index >= 15 is 0 Å². The molecule has 0 spiro atoms. The van der Waals surface area contributed by atoms with Gasteiger partial charge in [-0.2, -0.15) is 0 Å². The Morgan fingerprint density at radius 3 is 2.73 bits per heavy atom. The Hall–Kier alpha value is -2.30. The fraction of sp³-hybridized carbons (Fsp3) is 0.412. The number of nitrogens with one attached hydrogen (secondary N) is 1. The number of para-hydroxylation sites is 1. The quantitative estimate of drug-likeness (QED) is 0.877. The summed E-state index contributed by atoms with van der Waals surface area (Å²) in [6.07, 6.45) is -0.234. The number of imide groups is 1. The van der Waals surface area contributed by atoms with Gasteiger partial charge < -0.3 is 9.72 Å². The van der Waals surface area contributed by atoms with Crippen molar-refractivity contribution in [2.45, 2.75) is 38.7 Å². The summed E-state index contributed by atoms with van der Waals surface area (Å²) in [5.41, 5.74) is 1.43. The molecule has 1 N–H and O–H groups in total. The van der Waals surface area contributed by atoms with Crippen molar-refractivity contribution in [1.29, 1.82) is 0 Å². The molecule has 0 aliphatic carbocycles. The first-order valence-electron chi connectivity index (χ1n) is 7.44. The van der Waals surface area contributed by atoms with Gasteiger partial charge in [0.05, 0.1) is 0 Å². The third-order valence-electron chi connectivity index (χ3n) is 3.73. The molecule has 2 aromatic rings. The molecule has 1 aliphatic rings. The molecular weight excluding hydrogens is 280 g/mol. The number of benzene rings is 1. The number of aromatic nitrogens is 1. The van der Waals surface area contributed by atoms with E-state index in [0.717, 1.165) is 16.6 Å². The number of H-pyrrole nitrogens is 1. The van der Waals surface area contributed by atoms with Gasteiger partial charge >= 0.3 is 6.09 Å². The van der Waals surface area contributed by atoms with E-state index in [1.165, 1.54) is 4.90 Å². The van der Waals surface area contributed by atoms with Crippen LogP contribution in [-0.4, -0.2) is 34.0 Å². The predicted octanol–water partition coefficient (Wildman–Crippen LogP) is 3.42. The normalized spacial score (nSPS) is 19.0. The zero-order chi connectivity index (χ0) is 15.9. The minimum Gasteiger partial charge on any atom is -0.443 e. The maximum Gasteiger partial charge on any atom is 0.417 e. The number of amides is 2. The molecule has 3 rings (SSSR count). The molecule has 1 aromatic heterocycles. The third-order valence-corrected chi connectivity index (χ3v) is 3.73. The van der Waals surface area contributed by atoms with Crippen LogP contribution in [-0.2, 0) is 9.53 Å². The van der Waals surface area contributed by atoms with E-state index < -0.39 is 11.7 Å². The number of aromatic amines is 1. The van der Waals surface area contributed by atoms with Gasteiger partial charge in [-0.25, -0.2) is 9.69 Å². The highest BCUT2D eigenvalue weighted by molar-refractivity contribution is 5.94. The average molecular weight is 300 g/mol. The number of likely N-dealkylation sites (tertiary alicyclic amines) is 1. The van der Waals surface area contributed by atoms with Crippen molar-refractivity contribution in [3.05, 3.63) is 36.0 Å². The molecule has 1 atom stereocenters. The number of carbonyl (C=O) groups excluding carboxylic acids is 2. The van der Waals surface area contributed by atoms with Crippen LogP contribution in [0.3, 0.4) is 0 Å². The summed E-state index contributed by atoms with van der Waals surface area (Å²) in [7, 11) is 0. The van der Waals surface area contributed by atoms with Gasteiger partial charge in [-0.05, 0) is 38.3 Å². The highest BCUT2D eigenvalue weighted by atomic mass is 16.6. The van der Waals surface area contributed by atoms with Crippen LogP contribution in [0.4, 0.5) is 4.79 Å². The van der Waals surface area contributed by atoms with Crippen molar-refractivity contribution < 1.29 is 14.3 Å². The zero-order valence-electron chi connectivity index (χ0n) is 13.1. The summed E-state index contributed by atoms with van der Waals surface area (Å²) in [4.78, 5) is 28.7. The fourth-order valence-electron chi connectivity index (χ4n) is 2.73. The van der Waals surface area contributed by atoms with Crippen molar-refractivity contribution in [2.24, 2.45) is 0 Å². The highest BCUT2D eigenvalue weighted by Gasteiger charge is 2.37. The second-order valence-electron chi connectivity index (χ2n) is 6.70. The van der Waals surface area contributed by atoms with Crippen LogP contribution in [0.2, 0.25) is 0 Å². The molecule has 0 bridgehead atoms. The lowest BCUT2D eigenvalue weighted by Crippen LogP contribution is -2.37. The number of hydrogen-bond acceptors (Lipinski definition) is 3. The molecule has 1 aliphatic heterocycles. The topological polar surface area (TPSA) is 62.4 Å². The molecule has 1 saturated heterocycles. The van der Waals surface area contributed by atoms with Gasteiger partial charge in [0, 0.05) is 30.1 Å². The van der Waals surface area contributed by atoms with Crippen molar-refractivity contribution >= 4 is 22.9 Å². The molecule has 22 heavy (non-hydrogen) atoms. The Bertz CT molecular complexity index is 694. The standard InChI is InChI=1S/C17H20N2O3/c1-17(2,3)22-16(21)19-10-12(9-15(19)20)14-8-11-6-4-5-7-13(11)18-14/h4-8,12,18H,9-10H2,1-3H3. The second kappa shape index (κ2) is 5.16. The SMILES string of the molecule is CC(C)(C)OC(=O)N1CC(c2cc3ccccc3[nH]2)CC1=O. The predicted molar refractivity (Wildman–Crippen MR) is 83.6 cm³/mol. The van der Waals surface area contributed by atoms with E-state index in [4.69, 9.17) is 4.74 Å². The lowest BCUT2D eigenvalue weighted by Gasteiger charge is -2.23. The van der Waals surface area contributed by atoms with Gasteiger partial charge in [-0.15, -0.1) is 0 Å². The first-order chi connectivity index (χ1) is 10.3. The first-order valence-corrected chi connectivity index (χ1v) is 7.44. The third kappa shape index (κ3) is 2.84. The number of nitrogens with zero attached hydrogens (tertiary/aromatic N) is 1. The van der Waals surface area contributed by atoms with Crippen LogP contribution in [0.5, 0.6) is 0 Å². The summed E-state index contributed by atoms with van der Waals surface area (Å²) in [5, 5.41) is 1.11. The molecule has 2 heterocycles. The number of ether oxygens (including phenoxy) is 1. The smallest absolute Gasteiger partial charge is 0.417 e. The highest BCUT2D eigenvalue weighted by Crippen LogP contribution is 2.30. The summed E-state index contributed by atoms with van der Waals surface area (Å²) in [6, 6.07) is 10.0. The molecule has 2 amide bonds. The number of rotatable bonds is 1. The molecule has 1 unspecified atom stereocenters. The lowest BCUT2D eigenvalue weighted by atomic mass is 10.1. The fourth-order valence-corrected chi connectivity index (χ4v) is 2.73. The number of fused-ring (bicyclic) bond motifs is 1. The summed E-state index contributed by atoms with van der Waals surface area (Å²) in [5.74, 6) is -0.190. The van der Waals surface area contributed by atoms with E-state index in [2.05, 4.69) is 4.98 Å². The van der Waals surface area contributed by atoms with E-state index in [-0.39, 0.29) is 11.8 Å². The largest absolute Gasteiger partial charge is 0.443 e. The monoisotopic (exact) mass is 300 g/mol. The van der Waals surface area contributed by atoms with Gasteiger partial charge in [0.25, 0.3) is 0 Å². The Morgan fingerprint density at radius 2 is 2.05 bits per heavy atom. The summed E-state index contributed by atoms with van der Waals surface area (Å²) in [6.45, 7) is 5.74. The minimum atomic E-state index is -0.601. The minimum absolute atomic E-state index is 0.00702. The van der Waals surface area contributed by atoms with E-state index in [0.29, 0.717) is 13.0 Å². The molecule has 0 radical (unpaired) electrons. The first kappa shape index (κ1) is 14.6. The Kier molecular flexibility index (Phi) is 3.43. The van der Waals surface area contributed by atoms with E-state index in [9.17, 15) is 9.59 Å². The molecular formula is C17H20N2O3. The Balaban J connectivity index is 1.78. The molecule has 0 saturated carbocycles. The van der Waals surface area contributed by atoms with Gasteiger partial charge in [0.2, 0.25) is 5.91 Å². The van der Waals surface area contributed by atoms with Crippen LogP contribution in [0.15, 0.2) is 30.3 Å². The van der Waals surface area contributed by atoms with E-state index in [1.807, 2.05) is 30.3 Å². The van der Waals surface area contributed by atoms with Crippen LogP contribution in [0.1, 0.15) is 38.8 Å². The van der Waals surface area contributed by atoms with Crippen LogP contribution in [0.25, 0.3) is 10.9 Å². The van der Waals surface area contributed by atoms with Gasteiger partial charge in [-0.3, -0.25) is 4.79 Å². The second-order valence-corrected chi connectivity index (χ2v) is 6.70. The van der Waals surface area contributed by atoms with Crippen molar-refractivity contribution in [3.8, 4) is 0 Å². The van der Waals surface area contributed by atoms with Crippen molar-refractivity contribution in [1.82, 2.24) is 9.88 Å². The Labute approximate surface area is 129 Å². The molecule has 5 heteroatoms. The maximum absolute atomic E-state index is 12.1. The van der Waals surface area contributed by atoms with Gasteiger partial charge in [0.1, 0.15) is 5.60 Å². The van der Waals surface area contributed by atoms with Crippen LogP contribution in [0, 0.1) is 0 Å². The van der Waals surface area contributed by atoms with Crippen LogP contribution < -0.4 is 0 Å². The van der Waals surface area contributed by atoms with Gasteiger partial charge in [-0.1, -0.05) is 18.2 Å². The summed E-state index contributed by atoms with van der Waals surface area (Å²) < 4.78 is 5.29. The maximum atomic E-state index is 12.1. The summed E-state index contributed by atoms with van der Waals surface area (Å²) >= 11 is 0. The number of hydrogen-bond donors (Lipinski definition) is 1.